The van der Waals surface area contributed by atoms with E-state index >= 15 is 0 Å². The van der Waals surface area contributed by atoms with Crippen LogP contribution in [0.2, 0.25) is 0 Å². The molecule has 4 aromatic rings. The number of hydrogen-bond donors (Lipinski definition) is 6. The summed E-state index contributed by atoms with van der Waals surface area (Å²) in [5.74, 6) is -11.6. The van der Waals surface area contributed by atoms with Gasteiger partial charge >= 0.3 is 59.7 Å². The second kappa shape index (κ2) is 42.4. The van der Waals surface area contributed by atoms with Gasteiger partial charge in [-0.25, -0.2) is 20.4 Å². The number of rotatable bonds is 30. The molecule has 4 aromatic carbocycles. The van der Waals surface area contributed by atoms with Crippen molar-refractivity contribution in [1.29, 1.82) is 0 Å². The fourth-order valence-corrected chi connectivity index (χ4v) is 8.43. The standard InChI is InChI=1S/C33H40N4O13.C31H34N2O13.4CH4/c1-18(38)32(6,16-23-9-11-25(47-19(2)39)27(13-23)49-21(4)41)36-34-29(43)15-30(44)35-37-33(7,31(45)46-8)17-24-10-12-26(48-20(3)40)28(14-24)50-22(5)42;1-16(34)23(11-21-7-9-25(43-17(2)35)27(13-21)45-19(4)37)32-29(39)15-30(40)33-24(31(41)42-6)12-22-8-10-26(44-18(3)36)28(14-22)46-20(5)38;;;;/h9-14,36-37H,15-17H2,1-8H3,(H,34,43)(H,35,44);7-10,13-14,23-24H,11-12,15H2,1-6H3,(H,32,39)(H,33,40);4*1H4. The van der Waals surface area contributed by atoms with Crippen molar-refractivity contribution in [2.75, 3.05) is 14.2 Å². The van der Waals surface area contributed by atoms with E-state index in [9.17, 15) is 76.7 Å². The van der Waals surface area contributed by atoms with Crippen LogP contribution in [-0.4, -0.2) is 132 Å². The summed E-state index contributed by atoms with van der Waals surface area (Å²) in [5, 5.41) is 4.88. The topological polar surface area (TPSA) is 438 Å². The first-order valence-corrected chi connectivity index (χ1v) is 28.7. The average Bonchev–Trinajstić information content (AvgIpc) is 0.833. The number of ether oxygens (including phenoxy) is 10. The molecule has 4 amide bonds. The smallest absolute Gasteiger partial charge is 0.328 e. The fraction of sp³-hybridized carbons (Fsp3) is 0.412. The number of carbonyl (C=O) groups is 16. The molecular weight excluding hydrogens is 1320 g/mol. The molecule has 0 heterocycles. The summed E-state index contributed by atoms with van der Waals surface area (Å²) in [4.78, 5) is 193. The Kier molecular flexibility index (Phi) is 38.5. The van der Waals surface area contributed by atoms with E-state index in [1.54, 1.807) is 6.07 Å². The van der Waals surface area contributed by atoms with Gasteiger partial charge in [0.15, 0.2) is 57.6 Å². The molecule has 0 saturated carbocycles. The maximum absolute atomic E-state index is 12.8. The first-order valence-electron chi connectivity index (χ1n) is 28.7. The van der Waals surface area contributed by atoms with Crippen LogP contribution in [0, 0.1) is 0 Å². The molecule has 4 unspecified atom stereocenters. The van der Waals surface area contributed by atoms with E-state index in [4.69, 9.17) is 47.4 Å². The quantitative estimate of drug-likeness (QED) is 0.0174. The van der Waals surface area contributed by atoms with Gasteiger partial charge in [0.2, 0.25) is 23.6 Å². The van der Waals surface area contributed by atoms with Crippen molar-refractivity contribution in [1.82, 2.24) is 32.3 Å². The van der Waals surface area contributed by atoms with Gasteiger partial charge in [0.1, 0.15) is 24.4 Å². The van der Waals surface area contributed by atoms with Crippen molar-refractivity contribution in [2.24, 2.45) is 0 Å². The molecule has 0 aliphatic carbocycles. The Balaban J connectivity index is 0. The van der Waals surface area contributed by atoms with Crippen LogP contribution < -0.4 is 70.2 Å². The predicted octanol–water partition coefficient (Wildman–Crippen LogP) is 4.92. The molecule has 32 nitrogen and oxygen atoms in total. The third-order valence-corrected chi connectivity index (χ3v) is 12.7. The predicted molar refractivity (Wildman–Crippen MR) is 356 cm³/mol. The zero-order chi connectivity index (χ0) is 72.4. The van der Waals surface area contributed by atoms with E-state index < -0.39 is 131 Å². The van der Waals surface area contributed by atoms with E-state index in [0.717, 1.165) is 48.8 Å². The van der Waals surface area contributed by atoms with Crippen LogP contribution in [0.5, 0.6) is 46.0 Å². The van der Waals surface area contributed by atoms with E-state index in [2.05, 4.69) is 32.3 Å². The molecule has 0 saturated heterocycles. The Bertz CT molecular complexity index is 3680. The Hall–Kier alpha value is -11.3. The summed E-state index contributed by atoms with van der Waals surface area (Å²) in [6, 6.07) is 14.7. The molecule has 0 aliphatic heterocycles. The fourth-order valence-electron chi connectivity index (χ4n) is 8.43. The van der Waals surface area contributed by atoms with Crippen LogP contribution >= 0.6 is 0 Å². The summed E-state index contributed by atoms with van der Waals surface area (Å²) in [5.41, 5.74) is 8.56. The van der Waals surface area contributed by atoms with Crippen LogP contribution in [0.4, 0.5) is 0 Å². The highest BCUT2D eigenvalue weighted by Gasteiger charge is 2.37. The second-order valence-corrected chi connectivity index (χ2v) is 21.4. The highest BCUT2D eigenvalue weighted by molar-refractivity contribution is 6.00. The average molecular weight is 1410 g/mol. The normalized spacial score (nSPS) is 11.8. The Morgan fingerprint density at radius 1 is 0.350 bits per heavy atom. The van der Waals surface area contributed by atoms with Crippen LogP contribution in [0.25, 0.3) is 0 Å². The number of Topliss-reactive ketones (excluding diaryl/α,β-unsaturated/α-hetero) is 2. The lowest BCUT2D eigenvalue weighted by Crippen LogP contribution is -2.60. The number of amides is 4. The Labute approximate surface area is 579 Å². The zero-order valence-electron chi connectivity index (χ0n) is 54.9. The Morgan fingerprint density at radius 2 is 0.620 bits per heavy atom. The van der Waals surface area contributed by atoms with Crippen molar-refractivity contribution in [2.45, 2.75) is 174 Å². The third kappa shape index (κ3) is 31.3. The van der Waals surface area contributed by atoms with Gasteiger partial charge in [-0.05, 0) is 111 Å². The highest BCUT2D eigenvalue weighted by Crippen LogP contribution is 2.34. The third-order valence-electron chi connectivity index (χ3n) is 12.7. The van der Waals surface area contributed by atoms with Crippen LogP contribution in [0.1, 0.15) is 148 Å². The number of benzene rings is 4. The lowest BCUT2D eigenvalue weighted by molar-refractivity contribution is -0.149. The van der Waals surface area contributed by atoms with Crippen LogP contribution in [-0.2, 0) is 112 Å². The number of hydrazine groups is 2. The van der Waals surface area contributed by atoms with Gasteiger partial charge in [0, 0.05) is 68.2 Å². The molecule has 0 bridgehead atoms. The second-order valence-electron chi connectivity index (χ2n) is 21.4. The van der Waals surface area contributed by atoms with Crippen LogP contribution in [0.15, 0.2) is 72.8 Å². The summed E-state index contributed by atoms with van der Waals surface area (Å²) < 4.78 is 50.3. The Morgan fingerprint density at radius 3 is 0.920 bits per heavy atom. The van der Waals surface area contributed by atoms with Gasteiger partial charge < -0.3 is 58.0 Å². The largest absolute Gasteiger partial charge is 0.468 e. The molecular formula is C68H90N6O26. The zero-order valence-corrected chi connectivity index (χ0v) is 54.9. The number of methoxy groups -OCH3 is 2. The molecule has 0 radical (unpaired) electrons. The minimum Gasteiger partial charge on any atom is -0.468 e. The molecule has 0 aliphatic rings. The van der Waals surface area contributed by atoms with E-state index in [1.165, 1.54) is 115 Å². The first-order chi connectivity index (χ1) is 44.8. The number of esters is 10. The van der Waals surface area contributed by atoms with E-state index in [1.807, 2.05) is 0 Å². The van der Waals surface area contributed by atoms with E-state index in [-0.39, 0.29) is 101 Å². The monoisotopic (exact) mass is 1410 g/mol. The summed E-state index contributed by atoms with van der Waals surface area (Å²) in [7, 11) is 2.24. The van der Waals surface area contributed by atoms with Crippen molar-refractivity contribution >= 4 is 94.9 Å². The van der Waals surface area contributed by atoms with Crippen molar-refractivity contribution < 1.29 is 124 Å². The minimum absolute atomic E-state index is 0. The van der Waals surface area contributed by atoms with Gasteiger partial charge in [0.05, 0.1) is 25.8 Å². The number of ketones is 2. The molecule has 32 heteroatoms. The molecule has 4 rings (SSSR count). The number of nitrogens with one attached hydrogen (secondary N) is 6. The summed E-state index contributed by atoms with van der Waals surface area (Å²) in [6.07, 6.45) is -1.86. The van der Waals surface area contributed by atoms with Crippen molar-refractivity contribution in [3.05, 3.63) is 95.1 Å². The highest BCUT2D eigenvalue weighted by atomic mass is 16.6. The molecule has 548 valence electrons. The van der Waals surface area contributed by atoms with Crippen molar-refractivity contribution in [3.8, 4) is 46.0 Å². The molecule has 4 atom stereocenters. The van der Waals surface area contributed by atoms with Crippen molar-refractivity contribution in [3.63, 3.8) is 0 Å². The molecule has 100 heavy (non-hydrogen) atoms. The van der Waals surface area contributed by atoms with Gasteiger partial charge in [-0.15, -0.1) is 0 Å². The maximum atomic E-state index is 12.8. The summed E-state index contributed by atoms with van der Waals surface area (Å²) >= 11 is 0. The molecule has 0 aromatic heterocycles. The minimum atomic E-state index is -1.60. The SMILES string of the molecule is C.C.C.C.COC(=O)C(C)(Cc1ccc(OC(C)=O)c(OC(C)=O)c1)NNC(=O)CC(=O)NNC(C)(Cc1ccc(OC(C)=O)c(OC(C)=O)c1)C(C)=O.COC(=O)C(Cc1ccc(OC(C)=O)c(OC(C)=O)c1)NC(=O)CC(=O)NC(Cc1ccc(OC(C)=O)c(OC(C)=O)c1)C(C)=O. The summed E-state index contributed by atoms with van der Waals surface area (Å²) in [6.45, 7) is 14.7. The van der Waals surface area contributed by atoms with Gasteiger partial charge in [-0.2, -0.15) is 0 Å². The molecule has 0 fully saturated rings. The lowest BCUT2D eigenvalue weighted by Gasteiger charge is -2.29. The van der Waals surface area contributed by atoms with E-state index in [0.29, 0.717) is 22.3 Å². The van der Waals surface area contributed by atoms with Gasteiger partial charge in [-0.3, -0.25) is 78.0 Å². The molecule has 0 spiro atoms. The first kappa shape index (κ1) is 90.8. The van der Waals surface area contributed by atoms with Gasteiger partial charge in [-0.1, -0.05) is 54.0 Å². The number of carbonyl (C=O) groups excluding carboxylic acids is 16. The van der Waals surface area contributed by atoms with Crippen LogP contribution in [0.3, 0.4) is 0 Å². The number of hydrogen-bond acceptors (Lipinski definition) is 28. The molecule has 6 N–H and O–H groups in total. The van der Waals surface area contributed by atoms with Gasteiger partial charge in [0.25, 0.3) is 0 Å². The maximum Gasteiger partial charge on any atom is 0.328 e. The lowest BCUT2D eigenvalue weighted by atomic mass is 9.89.